The van der Waals surface area contributed by atoms with Crippen LogP contribution in [0.25, 0.3) is 0 Å². The lowest BCUT2D eigenvalue weighted by molar-refractivity contribution is -0.128. The predicted molar refractivity (Wildman–Crippen MR) is 107 cm³/mol. The second-order valence-electron chi connectivity index (χ2n) is 6.34. The van der Waals surface area contributed by atoms with Gasteiger partial charge in [-0.1, -0.05) is 19.1 Å². The molecule has 1 atom stereocenters. The van der Waals surface area contributed by atoms with Gasteiger partial charge in [-0.05, 0) is 42.8 Å². The van der Waals surface area contributed by atoms with Crippen molar-refractivity contribution in [3.63, 3.8) is 0 Å². The van der Waals surface area contributed by atoms with E-state index >= 15 is 0 Å². The highest BCUT2D eigenvalue weighted by Gasteiger charge is 2.19. The number of carbonyl (C=O) groups is 1. The zero-order valence-corrected chi connectivity index (χ0v) is 17.4. The van der Waals surface area contributed by atoms with Crippen molar-refractivity contribution >= 4 is 15.9 Å². The smallest absolute Gasteiger partial charge is 0.261 e. The number of ether oxygens (including phenoxy) is 2. The first-order valence-corrected chi connectivity index (χ1v) is 10.5. The van der Waals surface area contributed by atoms with E-state index in [1.807, 2.05) is 0 Å². The molecule has 1 N–H and O–H groups in total. The van der Waals surface area contributed by atoms with Crippen molar-refractivity contribution in [2.24, 2.45) is 0 Å². The number of rotatable bonds is 10. The summed E-state index contributed by atoms with van der Waals surface area (Å²) in [4.78, 5) is 12.4. The number of hydrogen-bond acceptors (Lipinski definition) is 5. The number of benzene rings is 2. The summed E-state index contributed by atoms with van der Waals surface area (Å²) in [5.74, 6) is -0.390. The van der Waals surface area contributed by atoms with Crippen molar-refractivity contribution in [1.29, 1.82) is 0 Å². The molecule has 0 fully saturated rings. The molecule has 0 aliphatic carbocycles. The van der Waals surface area contributed by atoms with Crippen LogP contribution in [0.1, 0.15) is 13.3 Å². The molecule has 0 aromatic heterocycles. The average molecular weight is 424 g/mol. The first kappa shape index (κ1) is 22.6. The van der Waals surface area contributed by atoms with Crippen LogP contribution in [0.5, 0.6) is 11.5 Å². The van der Waals surface area contributed by atoms with Gasteiger partial charge in [-0.2, -0.15) is 0 Å². The van der Waals surface area contributed by atoms with Crippen LogP contribution in [0.4, 0.5) is 4.39 Å². The summed E-state index contributed by atoms with van der Waals surface area (Å²) in [5.41, 5.74) is 0. The third kappa shape index (κ3) is 6.16. The molecule has 9 heteroatoms. The molecule has 0 saturated carbocycles. The summed E-state index contributed by atoms with van der Waals surface area (Å²) in [7, 11) is -0.571. The first-order valence-electron chi connectivity index (χ1n) is 9.10. The quantitative estimate of drug-likeness (QED) is 0.592. The van der Waals surface area contributed by atoms with Crippen LogP contribution in [0, 0.1) is 5.82 Å². The van der Waals surface area contributed by atoms with E-state index in [9.17, 15) is 17.6 Å². The Balaban J connectivity index is 1.82. The minimum absolute atomic E-state index is 0.0264. The van der Waals surface area contributed by atoms with E-state index in [2.05, 4.69) is 5.32 Å². The number of carbonyl (C=O) groups excluding carboxylic acids is 1. The third-order valence-corrected chi connectivity index (χ3v) is 5.87. The number of sulfonamides is 1. The Morgan fingerprint density at radius 2 is 1.79 bits per heavy atom. The minimum Gasteiger partial charge on any atom is -0.492 e. The summed E-state index contributed by atoms with van der Waals surface area (Å²) in [6.45, 7) is 2.17. The Hall–Kier alpha value is -2.65. The molecule has 0 heterocycles. The van der Waals surface area contributed by atoms with Crippen LogP contribution in [0.15, 0.2) is 53.4 Å². The lowest BCUT2D eigenvalue weighted by Crippen LogP contribution is -2.39. The highest BCUT2D eigenvalue weighted by Crippen LogP contribution is 2.19. The number of nitrogens with zero attached hydrogens (tertiary/aromatic N) is 1. The van der Waals surface area contributed by atoms with Crippen LogP contribution in [-0.2, 0) is 14.8 Å². The fourth-order valence-corrected chi connectivity index (χ4v) is 3.29. The van der Waals surface area contributed by atoms with Crippen molar-refractivity contribution < 1.29 is 27.1 Å². The largest absolute Gasteiger partial charge is 0.492 e. The Labute approximate surface area is 170 Å². The summed E-state index contributed by atoms with van der Waals surface area (Å²) in [5, 5.41) is 2.68. The van der Waals surface area contributed by atoms with Crippen LogP contribution < -0.4 is 14.8 Å². The van der Waals surface area contributed by atoms with Gasteiger partial charge in [-0.3, -0.25) is 4.79 Å². The van der Waals surface area contributed by atoms with E-state index in [-0.39, 0.29) is 29.7 Å². The zero-order valence-electron chi connectivity index (χ0n) is 16.6. The highest BCUT2D eigenvalue weighted by molar-refractivity contribution is 7.89. The molecule has 29 heavy (non-hydrogen) atoms. The van der Waals surface area contributed by atoms with Crippen LogP contribution in [-0.4, -0.2) is 52.0 Å². The molecule has 0 saturated heterocycles. The number of nitrogens with one attached hydrogen (secondary N) is 1. The van der Waals surface area contributed by atoms with E-state index in [1.165, 1.54) is 38.4 Å². The topological polar surface area (TPSA) is 84.9 Å². The van der Waals surface area contributed by atoms with Gasteiger partial charge in [0.15, 0.2) is 17.7 Å². The molecule has 2 aromatic rings. The van der Waals surface area contributed by atoms with Gasteiger partial charge in [0.05, 0.1) is 11.4 Å². The molecule has 158 valence electrons. The molecular weight excluding hydrogens is 399 g/mol. The van der Waals surface area contributed by atoms with Crippen LogP contribution >= 0.6 is 0 Å². The maximum Gasteiger partial charge on any atom is 0.261 e. The van der Waals surface area contributed by atoms with E-state index in [4.69, 9.17) is 9.47 Å². The first-order chi connectivity index (χ1) is 13.8. The van der Waals surface area contributed by atoms with E-state index in [0.29, 0.717) is 12.2 Å². The van der Waals surface area contributed by atoms with Gasteiger partial charge >= 0.3 is 0 Å². The monoisotopic (exact) mass is 424 g/mol. The van der Waals surface area contributed by atoms with Gasteiger partial charge in [0.1, 0.15) is 12.4 Å². The van der Waals surface area contributed by atoms with Crippen molar-refractivity contribution in [2.75, 3.05) is 27.2 Å². The maximum absolute atomic E-state index is 13.7. The average Bonchev–Trinajstić information content (AvgIpc) is 2.70. The minimum atomic E-state index is -3.49. The van der Waals surface area contributed by atoms with Gasteiger partial charge in [0.25, 0.3) is 5.91 Å². The fourth-order valence-electron chi connectivity index (χ4n) is 2.39. The molecule has 0 unspecified atom stereocenters. The lowest BCUT2D eigenvalue weighted by atomic mass is 10.2. The Morgan fingerprint density at radius 3 is 2.38 bits per heavy atom. The van der Waals surface area contributed by atoms with Crippen molar-refractivity contribution in [3.05, 3.63) is 54.3 Å². The zero-order chi connectivity index (χ0) is 21.4. The third-order valence-electron chi connectivity index (χ3n) is 4.04. The Bertz CT molecular complexity index is 917. The van der Waals surface area contributed by atoms with Gasteiger partial charge in [0, 0.05) is 14.1 Å². The fraction of sp³-hybridized carbons (Fsp3) is 0.350. The summed E-state index contributed by atoms with van der Waals surface area (Å²) >= 11 is 0. The summed E-state index contributed by atoms with van der Waals surface area (Å²) in [6.07, 6.45) is -0.439. The molecule has 1 amide bonds. The normalized spacial score (nSPS) is 12.4. The van der Waals surface area contributed by atoms with Crippen molar-refractivity contribution in [2.45, 2.75) is 24.3 Å². The van der Waals surface area contributed by atoms with Crippen molar-refractivity contribution in [1.82, 2.24) is 9.62 Å². The van der Waals surface area contributed by atoms with Crippen LogP contribution in [0.2, 0.25) is 0 Å². The van der Waals surface area contributed by atoms with Gasteiger partial charge in [-0.25, -0.2) is 17.1 Å². The molecule has 0 bridgehead atoms. The molecule has 0 radical (unpaired) electrons. The van der Waals surface area contributed by atoms with Gasteiger partial charge < -0.3 is 14.8 Å². The number of para-hydroxylation sites is 1. The molecule has 0 aliphatic heterocycles. The molecular formula is C20H25FN2O5S. The second-order valence-corrected chi connectivity index (χ2v) is 8.50. The van der Waals surface area contributed by atoms with Crippen molar-refractivity contribution in [3.8, 4) is 11.5 Å². The second kappa shape index (κ2) is 10.2. The van der Waals surface area contributed by atoms with Gasteiger partial charge in [0.2, 0.25) is 10.0 Å². The van der Waals surface area contributed by atoms with E-state index in [1.54, 1.807) is 31.2 Å². The number of halogens is 1. The molecule has 0 spiro atoms. The van der Waals surface area contributed by atoms with Gasteiger partial charge in [-0.15, -0.1) is 0 Å². The maximum atomic E-state index is 13.7. The summed E-state index contributed by atoms with van der Waals surface area (Å²) < 4.78 is 49.8. The molecule has 0 aliphatic rings. The molecule has 2 rings (SSSR count). The molecule has 7 nitrogen and oxygen atoms in total. The number of amides is 1. The SMILES string of the molecule is CC[C@@H](Oc1ccccc1F)C(=O)NCCOc1ccc(S(=O)(=O)N(C)C)cc1. The lowest BCUT2D eigenvalue weighted by Gasteiger charge is -2.17. The van der Waals surface area contributed by atoms with E-state index < -0.39 is 21.9 Å². The predicted octanol–water partition coefficient (Wildman–Crippen LogP) is 2.43. The Morgan fingerprint density at radius 1 is 1.14 bits per heavy atom. The van der Waals surface area contributed by atoms with E-state index in [0.717, 1.165) is 4.31 Å². The Kier molecular flexibility index (Phi) is 7.98. The van der Waals surface area contributed by atoms with Crippen LogP contribution in [0.3, 0.4) is 0 Å². The molecule has 2 aromatic carbocycles. The standard InChI is InChI=1S/C20H25FN2O5S/c1-4-18(28-19-8-6-5-7-17(19)21)20(24)22-13-14-27-15-9-11-16(12-10-15)29(25,26)23(2)3/h5-12,18H,4,13-14H2,1-3H3,(H,22,24)/t18-/m1/s1. The highest BCUT2D eigenvalue weighted by atomic mass is 32.2. The number of hydrogen-bond donors (Lipinski definition) is 1. The summed E-state index contributed by atoms with van der Waals surface area (Å²) in [6, 6.07) is 11.9.